The van der Waals surface area contributed by atoms with E-state index in [2.05, 4.69) is 9.97 Å². The molecule has 0 aromatic carbocycles. The molecule has 2 aromatic rings. The molecular formula is C15H14ClF3N4O. The summed E-state index contributed by atoms with van der Waals surface area (Å²) >= 11 is 6.03. The van der Waals surface area contributed by atoms with Crippen molar-refractivity contribution in [2.24, 2.45) is 5.92 Å². The van der Waals surface area contributed by atoms with E-state index < -0.39 is 30.5 Å². The molecule has 1 amide bonds. The van der Waals surface area contributed by atoms with Crippen molar-refractivity contribution in [3.05, 3.63) is 29.6 Å². The third-order valence-corrected chi connectivity index (χ3v) is 5.32. The number of halogens is 4. The first-order chi connectivity index (χ1) is 11.4. The molecule has 0 radical (unpaired) electrons. The minimum atomic E-state index is -4.33. The lowest BCUT2D eigenvalue weighted by Crippen LogP contribution is -2.45. The number of hydrogen-bond acceptors (Lipinski definition) is 3. The van der Waals surface area contributed by atoms with Gasteiger partial charge in [-0.15, -0.1) is 0 Å². The number of carbonyl (C=O) groups is 1. The molecule has 0 saturated carbocycles. The van der Waals surface area contributed by atoms with E-state index in [0.29, 0.717) is 29.3 Å². The van der Waals surface area contributed by atoms with Gasteiger partial charge in [-0.25, -0.2) is 9.97 Å². The molecule has 9 heteroatoms. The van der Waals surface area contributed by atoms with Crippen molar-refractivity contribution < 1.29 is 18.0 Å². The Labute approximate surface area is 140 Å². The van der Waals surface area contributed by atoms with Crippen LogP contribution < -0.4 is 0 Å². The van der Waals surface area contributed by atoms with Crippen LogP contribution in [-0.4, -0.2) is 43.9 Å². The maximum absolute atomic E-state index is 13.1. The van der Waals surface area contributed by atoms with Crippen molar-refractivity contribution >= 4 is 23.0 Å². The maximum atomic E-state index is 13.1. The van der Waals surface area contributed by atoms with E-state index >= 15 is 0 Å². The molecule has 5 nitrogen and oxygen atoms in total. The topological polar surface area (TPSA) is 50.5 Å². The predicted octanol–water partition coefficient (Wildman–Crippen LogP) is 3.04. The minimum absolute atomic E-state index is 0.113. The molecule has 2 aliphatic rings. The van der Waals surface area contributed by atoms with Gasteiger partial charge in [-0.2, -0.15) is 13.2 Å². The first-order valence-electron chi connectivity index (χ1n) is 7.70. The molecule has 0 N–H and O–H groups in total. The highest BCUT2D eigenvalue weighted by Crippen LogP contribution is 2.44. The summed E-state index contributed by atoms with van der Waals surface area (Å²) in [5.74, 6) is -1.39. The molecule has 2 saturated heterocycles. The average molecular weight is 359 g/mol. The van der Waals surface area contributed by atoms with Gasteiger partial charge in [0.15, 0.2) is 5.15 Å². The van der Waals surface area contributed by atoms with E-state index in [1.165, 1.54) is 4.90 Å². The van der Waals surface area contributed by atoms with Crippen LogP contribution in [0.25, 0.3) is 5.52 Å². The molecule has 0 unspecified atom stereocenters. The number of nitrogens with zero attached hydrogens (tertiary/aromatic N) is 4. The van der Waals surface area contributed by atoms with Gasteiger partial charge < -0.3 is 4.90 Å². The van der Waals surface area contributed by atoms with Gasteiger partial charge in [-0.1, -0.05) is 11.6 Å². The van der Waals surface area contributed by atoms with Gasteiger partial charge in [0.05, 0.1) is 12.1 Å². The molecule has 24 heavy (non-hydrogen) atoms. The number of amides is 1. The van der Waals surface area contributed by atoms with Crippen LogP contribution >= 0.6 is 11.6 Å². The zero-order chi connectivity index (χ0) is 17.1. The summed E-state index contributed by atoms with van der Waals surface area (Å²) in [7, 11) is 0. The Bertz CT molecular complexity index is 806. The third-order valence-electron chi connectivity index (χ3n) is 5.03. The number of piperidine rings is 1. The van der Waals surface area contributed by atoms with Crippen molar-refractivity contribution in [2.45, 2.75) is 37.4 Å². The molecule has 3 atom stereocenters. The van der Waals surface area contributed by atoms with Gasteiger partial charge in [-0.05, 0) is 12.8 Å². The van der Waals surface area contributed by atoms with Gasteiger partial charge >= 0.3 is 6.18 Å². The highest BCUT2D eigenvalue weighted by molar-refractivity contribution is 6.32. The van der Waals surface area contributed by atoms with E-state index in [1.54, 1.807) is 23.0 Å². The molecule has 4 rings (SSSR count). The summed E-state index contributed by atoms with van der Waals surface area (Å²) in [5, 5.41) is 0.319. The largest absolute Gasteiger partial charge is 0.394 e. The lowest BCUT2D eigenvalue weighted by Gasteiger charge is -2.37. The fourth-order valence-corrected chi connectivity index (χ4v) is 4.10. The van der Waals surface area contributed by atoms with Crippen molar-refractivity contribution in [3.63, 3.8) is 0 Å². The fraction of sp³-hybridized carbons (Fsp3) is 0.533. The Morgan fingerprint density at radius 3 is 2.79 bits per heavy atom. The first kappa shape index (κ1) is 15.7. The van der Waals surface area contributed by atoms with Gasteiger partial charge in [0.2, 0.25) is 5.91 Å². The molecule has 0 bridgehead atoms. The number of hydrogen-bond donors (Lipinski definition) is 0. The SMILES string of the molecule is O=C1C[C@@H](C(F)(F)F)[C@@H]2CC[C@@H](c3ncc4c(Cl)nccn34)CN12. The number of fused-ring (bicyclic) bond motifs is 2. The zero-order valence-corrected chi connectivity index (χ0v) is 13.3. The highest BCUT2D eigenvalue weighted by atomic mass is 35.5. The van der Waals surface area contributed by atoms with E-state index in [9.17, 15) is 18.0 Å². The van der Waals surface area contributed by atoms with Crippen molar-refractivity contribution in [1.29, 1.82) is 0 Å². The van der Waals surface area contributed by atoms with E-state index in [1.807, 2.05) is 0 Å². The second-order valence-electron chi connectivity index (χ2n) is 6.33. The van der Waals surface area contributed by atoms with Crippen LogP contribution in [0.15, 0.2) is 18.6 Å². The van der Waals surface area contributed by atoms with Gasteiger partial charge in [0.25, 0.3) is 0 Å². The number of rotatable bonds is 1. The smallest absolute Gasteiger partial charge is 0.338 e. The van der Waals surface area contributed by atoms with E-state index in [4.69, 9.17) is 11.6 Å². The third kappa shape index (κ3) is 2.35. The molecule has 2 fully saturated rings. The molecule has 2 aliphatic heterocycles. The van der Waals surface area contributed by atoms with E-state index in [0.717, 1.165) is 0 Å². The summed E-state index contributed by atoms with van der Waals surface area (Å²) < 4.78 is 41.1. The van der Waals surface area contributed by atoms with Gasteiger partial charge in [0.1, 0.15) is 11.3 Å². The Balaban J connectivity index is 1.63. The molecule has 2 aromatic heterocycles. The van der Waals surface area contributed by atoms with Crippen molar-refractivity contribution in [1.82, 2.24) is 19.3 Å². The Morgan fingerprint density at radius 1 is 1.25 bits per heavy atom. The first-order valence-corrected chi connectivity index (χ1v) is 8.07. The molecule has 0 spiro atoms. The normalized spacial score (nSPS) is 27.8. The zero-order valence-electron chi connectivity index (χ0n) is 12.5. The number of aromatic nitrogens is 3. The standard InChI is InChI=1S/C15H14ClF3N4O/c16-13-11-6-21-14(22(11)4-3-20-13)8-1-2-10-9(15(17,18)19)5-12(24)23(10)7-8/h3-4,6,8-10H,1-2,5,7H2/t8-,9-,10+/m1/s1. The lowest BCUT2D eigenvalue weighted by atomic mass is 9.87. The van der Waals surface area contributed by atoms with Crippen LogP contribution in [0.3, 0.4) is 0 Å². The summed E-state index contributed by atoms with van der Waals surface area (Å²) in [6.07, 6.45) is 0.975. The molecule has 128 valence electrons. The minimum Gasteiger partial charge on any atom is -0.338 e. The van der Waals surface area contributed by atoms with Crippen LogP contribution in [0.4, 0.5) is 13.2 Å². The van der Waals surface area contributed by atoms with Crippen molar-refractivity contribution in [2.75, 3.05) is 6.54 Å². The highest BCUT2D eigenvalue weighted by Gasteiger charge is 2.55. The summed E-state index contributed by atoms with van der Waals surface area (Å²) in [4.78, 5) is 21.8. The Kier molecular flexibility index (Phi) is 3.49. The second kappa shape index (κ2) is 5.34. The van der Waals surface area contributed by atoms with Crippen LogP contribution in [0.2, 0.25) is 5.15 Å². The van der Waals surface area contributed by atoms with Gasteiger partial charge in [0, 0.05) is 37.3 Å². The number of imidazole rings is 1. The summed E-state index contributed by atoms with van der Waals surface area (Å²) in [6.45, 7) is 0.259. The fourth-order valence-electron chi connectivity index (χ4n) is 3.90. The van der Waals surface area contributed by atoms with Gasteiger partial charge in [-0.3, -0.25) is 9.20 Å². The second-order valence-corrected chi connectivity index (χ2v) is 6.69. The number of carbonyl (C=O) groups excluding carboxylic acids is 1. The average Bonchev–Trinajstić information content (AvgIpc) is 3.09. The van der Waals surface area contributed by atoms with Crippen LogP contribution in [0, 0.1) is 5.92 Å². The van der Waals surface area contributed by atoms with E-state index in [-0.39, 0.29) is 12.5 Å². The predicted molar refractivity (Wildman–Crippen MR) is 79.6 cm³/mol. The summed E-state index contributed by atoms with van der Waals surface area (Å²) in [6, 6.07) is -0.745. The number of alkyl halides is 3. The quantitative estimate of drug-likeness (QED) is 0.787. The van der Waals surface area contributed by atoms with Crippen LogP contribution in [0.5, 0.6) is 0 Å². The molecule has 4 heterocycles. The summed E-state index contributed by atoms with van der Waals surface area (Å²) in [5.41, 5.74) is 0.650. The maximum Gasteiger partial charge on any atom is 0.394 e. The molecular weight excluding hydrogens is 345 g/mol. The lowest BCUT2D eigenvalue weighted by molar-refractivity contribution is -0.182. The van der Waals surface area contributed by atoms with Crippen LogP contribution in [-0.2, 0) is 4.79 Å². The monoisotopic (exact) mass is 358 g/mol. The Morgan fingerprint density at radius 2 is 2.04 bits per heavy atom. The Hall–Kier alpha value is -1.83. The molecule has 0 aliphatic carbocycles. The van der Waals surface area contributed by atoms with Crippen LogP contribution in [0.1, 0.15) is 31.0 Å². The van der Waals surface area contributed by atoms with Crippen molar-refractivity contribution in [3.8, 4) is 0 Å².